The second kappa shape index (κ2) is 6.98. The van der Waals surface area contributed by atoms with Crippen molar-refractivity contribution < 1.29 is 9.53 Å². The Morgan fingerprint density at radius 2 is 2.21 bits per heavy atom. The second-order valence-electron chi connectivity index (χ2n) is 5.94. The molecule has 1 amide bonds. The fraction of sp³-hybridized carbons (Fsp3) is 0.438. The zero-order valence-electron chi connectivity index (χ0n) is 13.0. The highest BCUT2D eigenvalue weighted by Gasteiger charge is 2.23. The van der Waals surface area contributed by atoms with Crippen molar-refractivity contribution in [2.24, 2.45) is 0 Å². The minimum atomic E-state index is -0.00791. The van der Waals surface area contributed by atoms with E-state index in [0.717, 1.165) is 21.6 Å². The van der Waals surface area contributed by atoms with Gasteiger partial charge in [-0.15, -0.1) is 10.2 Å². The first-order valence-corrected chi connectivity index (χ1v) is 9.80. The van der Waals surface area contributed by atoms with Gasteiger partial charge in [-0.25, -0.2) is 0 Å². The van der Waals surface area contributed by atoms with Crippen LogP contribution in [0.25, 0.3) is 0 Å². The quantitative estimate of drug-likeness (QED) is 0.736. The van der Waals surface area contributed by atoms with Gasteiger partial charge < -0.3 is 15.4 Å². The van der Waals surface area contributed by atoms with Crippen LogP contribution in [0.2, 0.25) is 0 Å². The molecule has 1 saturated carbocycles. The van der Waals surface area contributed by atoms with Crippen LogP contribution in [0.5, 0.6) is 5.75 Å². The van der Waals surface area contributed by atoms with Gasteiger partial charge in [-0.3, -0.25) is 4.79 Å². The molecule has 2 aliphatic rings. The zero-order valence-corrected chi connectivity index (χ0v) is 14.7. The van der Waals surface area contributed by atoms with Gasteiger partial charge in [0.05, 0.1) is 12.3 Å². The first-order chi connectivity index (χ1) is 11.8. The highest BCUT2D eigenvalue weighted by atomic mass is 32.2. The fourth-order valence-corrected chi connectivity index (χ4v) is 4.16. The average Bonchev–Trinajstić information content (AvgIpc) is 3.12. The van der Waals surface area contributed by atoms with Gasteiger partial charge in [0.1, 0.15) is 11.9 Å². The summed E-state index contributed by atoms with van der Waals surface area (Å²) in [6, 6.07) is 8.57. The van der Waals surface area contributed by atoms with Crippen LogP contribution >= 0.6 is 23.1 Å². The monoisotopic (exact) mass is 362 g/mol. The van der Waals surface area contributed by atoms with Crippen LogP contribution in [0.4, 0.5) is 5.13 Å². The predicted octanol–water partition coefficient (Wildman–Crippen LogP) is 2.32. The molecule has 126 valence electrons. The summed E-state index contributed by atoms with van der Waals surface area (Å²) in [6.45, 7) is 0.526. The van der Waals surface area contributed by atoms with Crippen molar-refractivity contribution in [1.82, 2.24) is 15.5 Å². The maximum atomic E-state index is 12.0. The number of thioether (sulfide) groups is 1. The third-order valence-corrected chi connectivity index (χ3v) is 5.87. The van der Waals surface area contributed by atoms with Crippen LogP contribution in [0.3, 0.4) is 0 Å². The number of rotatable bonds is 7. The third-order valence-electron chi connectivity index (χ3n) is 3.88. The van der Waals surface area contributed by atoms with Crippen LogP contribution in [0, 0.1) is 0 Å². The highest BCUT2D eigenvalue weighted by Crippen LogP contribution is 2.30. The van der Waals surface area contributed by atoms with E-state index in [9.17, 15) is 4.79 Å². The lowest BCUT2D eigenvalue weighted by Gasteiger charge is -2.11. The summed E-state index contributed by atoms with van der Waals surface area (Å²) < 4.78 is 6.63. The number of fused-ring (bicyclic) bond motifs is 1. The maximum Gasteiger partial charge on any atom is 0.230 e. The molecule has 8 heteroatoms. The van der Waals surface area contributed by atoms with Crippen molar-refractivity contribution in [1.29, 1.82) is 0 Å². The van der Waals surface area contributed by atoms with Gasteiger partial charge in [-0.05, 0) is 24.5 Å². The van der Waals surface area contributed by atoms with E-state index in [-0.39, 0.29) is 12.0 Å². The van der Waals surface area contributed by atoms with E-state index in [1.165, 1.54) is 41.5 Å². The van der Waals surface area contributed by atoms with Crippen LogP contribution < -0.4 is 15.4 Å². The minimum Gasteiger partial charge on any atom is -0.488 e. The van der Waals surface area contributed by atoms with Crippen LogP contribution in [0.1, 0.15) is 18.4 Å². The molecular weight excluding hydrogens is 344 g/mol. The van der Waals surface area contributed by atoms with Crippen molar-refractivity contribution in [2.75, 3.05) is 17.6 Å². The molecule has 2 aromatic rings. The van der Waals surface area contributed by atoms with Gasteiger partial charge in [0.2, 0.25) is 11.0 Å². The Balaban J connectivity index is 1.18. The standard InChI is InChI=1S/C16H18N4O2S2/c21-14(9-23-16-20-19-15(24-16)18-11-5-6-11)17-8-12-7-10-3-1-2-4-13(10)22-12/h1-4,11-12H,5-9H2,(H,17,21)(H,18,19). The maximum absolute atomic E-state index is 12.0. The smallest absolute Gasteiger partial charge is 0.230 e. The number of aromatic nitrogens is 2. The Kier molecular flexibility index (Phi) is 4.57. The summed E-state index contributed by atoms with van der Waals surface area (Å²) in [6.07, 6.45) is 3.28. The topological polar surface area (TPSA) is 76.1 Å². The fourth-order valence-electron chi connectivity index (χ4n) is 2.50. The summed E-state index contributed by atoms with van der Waals surface area (Å²) in [7, 11) is 0. The van der Waals surface area contributed by atoms with Crippen molar-refractivity contribution in [2.45, 2.75) is 35.7 Å². The first kappa shape index (κ1) is 15.7. The summed E-state index contributed by atoms with van der Waals surface area (Å²) >= 11 is 2.92. The number of carbonyl (C=O) groups excluding carboxylic acids is 1. The van der Waals surface area contributed by atoms with E-state index < -0.39 is 0 Å². The largest absolute Gasteiger partial charge is 0.488 e. The lowest BCUT2D eigenvalue weighted by molar-refractivity contribution is -0.118. The molecule has 1 fully saturated rings. The number of para-hydroxylation sites is 1. The van der Waals surface area contributed by atoms with Crippen LogP contribution in [0.15, 0.2) is 28.6 Å². The Morgan fingerprint density at radius 1 is 1.33 bits per heavy atom. The zero-order chi connectivity index (χ0) is 16.4. The number of ether oxygens (including phenoxy) is 1. The molecule has 1 atom stereocenters. The van der Waals surface area contributed by atoms with Crippen molar-refractivity contribution in [3.8, 4) is 5.75 Å². The summed E-state index contributed by atoms with van der Waals surface area (Å²) in [5.41, 5.74) is 1.20. The molecule has 1 unspecified atom stereocenters. The SMILES string of the molecule is O=C(CSc1nnc(NC2CC2)s1)NCC1Cc2ccccc2O1. The Morgan fingerprint density at radius 3 is 3.04 bits per heavy atom. The van der Waals surface area contributed by atoms with Crippen molar-refractivity contribution in [3.05, 3.63) is 29.8 Å². The molecule has 2 heterocycles. The molecule has 2 N–H and O–H groups in total. The van der Waals surface area contributed by atoms with Gasteiger partial charge in [0.15, 0.2) is 4.34 Å². The predicted molar refractivity (Wildman–Crippen MR) is 94.8 cm³/mol. The van der Waals surface area contributed by atoms with E-state index in [1.807, 2.05) is 18.2 Å². The van der Waals surface area contributed by atoms with E-state index >= 15 is 0 Å². The number of amides is 1. The summed E-state index contributed by atoms with van der Waals surface area (Å²) in [5.74, 6) is 1.26. The van der Waals surface area contributed by atoms with Crippen LogP contribution in [-0.4, -0.2) is 40.5 Å². The van der Waals surface area contributed by atoms with Crippen molar-refractivity contribution >= 4 is 34.1 Å². The van der Waals surface area contributed by atoms with Gasteiger partial charge in [-0.2, -0.15) is 0 Å². The van der Waals surface area contributed by atoms with Gasteiger partial charge in [-0.1, -0.05) is 41.3 Å². The molecule has 1 aromatic carbocycles. The molecule has 1 aliphatic heterocycles. The average molecular weight is 362 g/mol. The molecule has 24 heavy (non-hydrogen) atoms. The molecule has 0 radical (unpaired) electrons. The van der Waals surface area contributed by atoms with E-state index in [0.29, 0.717) is 18.3 Å². The molecule has 4 rings (SSSR count). The first-order valence-electron chi connectivity index (χ1n) is 8.00. The number of carbonyl (C=O) groups is 1. The molecule has 1 aliphatic carbocycles. The summed E-state index contributed by atoms with van der Waals surface area (Å²) in [4.78, 5) is 12.0. The molecule has 6 nitrogen and oxygen atoms in total. The van der Waals surface area contributed by atoms with E-state index in [4.69, 9.17) is 4.74 Å². The summed E-state index contributed by atoms with van der Waals surface area (Å²) in [5, 5.41) is 15.3. The Hall–Kier alpha value is -1.80. The lowest BCUT2D eigenvalue weighted by atomic mass is 10.1. The highest BCUT2D eigenvalue weighted by molar-refractivity contribution is 8.01. The van der Waals surface area contributed by atoms with E-state index in [2.05, 4.69) is 26.9 Å². The molecule has 0 saturated heterocycles. The minimum absolute atomic E-state index is 0.00791. The molecule has 0 bridgehead atoms. The normalized spacial score (nSPS) is 18.8. The molecule has 0 spiro atoms. The second-order valence-corrected chi connectivity index (χ2v) is 8.14. The van der Waals surface area contributed by atoms with Crippen molar-refractivity contribution in [3.63, 3.8) is 0 Å². The Labute approximate surface area is 148 Å². The van der Waals surface area contributed by atoms with Crippen LogP contribution in [-0.2, 0) is 11.2 Å². The van der Waals surface area contributed by atoms with Gasteiger partial charge >= 0.3 is 0 Å². The molecular formula is C16H18N4O2S2. The Bertz CT molecular complexity index is 707. The molecule has 1 aromatic heterocycles. The number of anilines is 1. The number of benzene rings is 1. The lowest BCUT2D eigenvalue weighted by Crippen LogP contribution is -2.35. The number of nitrogens with one attached hydrogen (secondary N) is 2. The van der Waals surface area contributed by atoms with Gasteiger partial charge in [0, 0.05) is 12.5 Å². The van der Waals surface area contributed by atoms with Gasteiger partial charge in [0.25, 0.3) is 0 Å². The third kappa shape index (κ3) is 3.99. The van der Waals surface area contributed by atoms with E-state index in [1.54, 1.807) is 0 Å². The number of nitrogens with zero attached hydrogens (tertiary/aromatic N) is 2. The number of hydrogen-bond acceptors (Lipinski definition) is 7. The number of hydrogen-bond donors (Lipinski definition) is 2.